The van der Waals surface area contributed by atoms with Crippen LogP contribution in [-0.4, -0.2) is 65.9 Å². The Hall–Kier alpha value is -1.63. The molecule has 28 heavy (non-hydrogen) atoms. The number of ether oxygens (including phenoxy) is 1. The number of aliphatic hydroxyl groups is 1. The highest BCUT2D eigenvalue weighted by Crippen LogP contribution is 2.31. The van der Waals surface area contributed by atoms with Gasteiger partial charge in [-0.2, -0.15) is 0 Å². The van der Waals surface area contributed by atoms with Gasteiger partial charge in [0.05, 0.1) is 6.61 Å². The number of aliphatic hydroxyl groups excluding tert-OH is 1. The Morgan fingerprint density at radius 2 is 1.89 bits per heavy atom. The summed E-state index contributed by atoms with van der Waals surface area (Å²) in [6.45, 7) is 4.48. The van der Waals surface area contributed by atoms with Gasteiger partial charge in [0.2, 0.25) is 5.91 Å². The molecule has 0 bridgehead atoms. The van der Waals surface area contributed by atoms with Gasteiger partial charge in [0.1, 0.15) is 12.0 Å². The number of carbonyl (C=O) groups excluding carboxylic acids is 1. The van der Waals surface area contributed by atoms with Gasteiger partial charge in [-0.15, -0.1) is 0 Å². The van der Waals surface area contributed by atoms with E-state index < -0.39 is 6.23 Å². The second-order valence-electron chi connectivity index (χ2n) is 8.31. The summed E-state index contributed by atoms with van der Waals surface area (Å²) in [5.74, 6) is 0.888. The molecule has 2 N–H and O–H groups in total. The van der Waals surface area contributed by atoms with Gasteiger partial charge in [-0.3, -0.25) is 14.6 Å². The molecule has 1 saturated carbocycles. The molecule has 1 aromatic carbocycles. The van der Waals surface area contributed by atoms with Crippen LogP contribution in [0.15, 0.2) is 18.2 Å². The Kier molecular flexibility index (Phi) is 6.50. The lowest BCUT2D eigenvalue weighted by atomic mass is 9.94. The predicted octanol–water partition coefficient (Wildman–Crippen LogP) is 2.61. The highest BCUT2D eigenvalue weighted by atomic mass is 16.5. The zero-order chi connectivity index (χ0) is 19.3. The van der Waals surface area contributed by atoms with Crippen molar-refractivity contribution >= 4 is 11.6 Å². The van der Waals surface area contributed by atoms with Crippen molar-refractivity contribution < 1.29 is 14.6 Å². The summed E-state index contributed by atoms with van der Waals surface area (Å²) in [5, 5.41) is 13.5. The Balaban J connectivity index is 1.22. The fraction of sp³-hybridized carbons (Fsp3) is 0.682. The molecule has 1 aliphatic carbocycles. The van der Waals surface area contributed by atoms with E-state index in [0.717, 1.165) is 49.2 Å². The van der Waals surface area contributed by atoms with Crippen LogP contribution < -0.4 is 10.1 Å². The fourth-order valence-electron chi connectivity index (χ4n) is 4.83. The van der Waals surface area contributed by atoms with Crippen LogP contribution in [0.4, 0.5) is 5.69 Å². The number of hydrogen-bond acceptors (Lipinski definition) is 5. The summed E-state index contributed by atoms with van der Waals surface area (Å²) in [5.41, 5.74) is 1.92. The molecule has 6 nitrogen and oxygen atoms in total. The molecule has 0 aromatic heterocycles. The summed E-state index contributed by atoms with van der Waals surface area (Å²) in [7, 11) is 0. The van der Waals surface area contributed by atoms with Crippen molar-refractivity contribution in [2.75, 3.05) is 38.1 Å². The van der Waals surface area contributed by atoms with Gasteiger partial charge in [-0.1, -0.05) is 25.3 Å². The molecule has 3 aliphatic rings. The number of benzene rings is 1. The van der Waals surface area contributed by atoms with Crippen molar-refractivity contribution in [1.29, 1.82) is 0 Å². The summed E-state index contributed by atoms with van der Waals surface area (Å²) < 4.78 is 5.97. The summed E-state index contributed by atoms with van der Waals surface area (Å²) in [6.07, 6.45) is 8.19. The van der Waals surface area contributed by atoms with Crippen molar-refractivity contribution in [3.05, 3.63) is 23.8 Å². The molecule has 1 unspecified atom stereocenters. The number of anilines is 1. The third kappa shape index (κ3) is 4.67. The number of amides is 1. The molecule has 2 fully saturated rings. The van der Waals surface area contributed by atoms with Gasteiger partial charge in [-0.05, 0) is 31.4 Å². The van der Waals surface area contributed by atoms with E-state index in [1.165, 1.54) is 32.1 Å². The lowest BCUT2D eigenvalue weighted by Crippen LogP contribution is -2.53. The maximum atomic E-state index is 11.5. The average Bonchev–Trinajstić information content (AvgIpc) is 2.74. The maximum Gasteiger partial charge on any atom is 0.224 e. The second kappa shape index (κ2) is 9.25. The van der Waals surface area contributed by atoms with Crippen molar-refractivity contribution in [3.63, 3.8) is 0 Å². The minimum atomic E-state index is -0.451. The average molecular weight is 388 g/mol. The van der Waals surface area contributed by atoms with Gasteiger partial charge in [0.15, 0.2) is 0 Å². The van der Waals surface area contributed by atoms with Crippen molar-refractivity contribution in [3.8, 4) is 5.75 Å². The first kappa shape index (κ1) is 19.7. The molecular formula is C22H33N3O3. The van der Waals surface area contributed by atoms with Crippen LogP contribution in [0.1, 0.15) is 50.5 Å². The predicted molar refractivity (Wildman–Crippen MR) is 110 cm³/mol. The molecule has 1 saturated heterocycles. The summed E-state index contributed by atoms with van der Waals surface area (Å²) >= 11 is 0. The number of rotatable bonds is 6. The SMILES string of the molecule is O=C1CCc2c(cccc2OCCC(O)N2CCN(C3CCCCC3)CC2)N1. The molecule has 1 aromatic rings. The first-order valence-electron chi connectivity index (χ1n) is 10.9. The number of nitrogens with zero attached hydrogens (tertiary/aromatic N) is 2. The van der Waals surface area contributed by atoms with E-state index in [1.807, 2.05) is 18.2 Å². The van der Waals surface area contributed by atoms with Crippen molar-refractivity contribution in [2.45, 2.75) is 63.6 Å². The van der Waals surface area contributed by atoms with Crippen molar-refractivity contribution in [1.82, 2.24) is 9.80 Å². The van der Waals surface area contributed by atoms with Crippen LogP contribution in [0, 0.1) is 0 Å². The van der Waals surface area contributed by atoms with Gasteiger partial charge in [0, 0.05) is 56.3 Å². The molecule has 6 heteroatoms. The highest BCUT2D eigenvalue weighted by molar-refractivity contribution is 5.94. The Morgan fingerprint density at radius 1 is 1.11 bits per heavy atom. The minimum Gasteiger partial charge on any atom is -0.493 e. The van der Waals surface area contributed by atoms with Crippen molar-refractivity contribution in [2.24, 2.45) is 0 Å². The first-order valence-corrected chi connectivity index (χ1v) is 10.9. The molecule has 0 spiro atoms. The van der Waals surface area contributed by atoms with E-state index in [4.69, 9.17) is 4.74 Å². The van der Waals surface area contributed by atoms with E-state index in [1.54, 1.807) is 0 Å². The number of carbonyl (C=O) groups is 1. The van der Waals surface area contributed by atoms with Crippen LogP contribution in [0.2, 0.25) is 0 Å². The third-order valence-corrected chi connectivity index (χ3v) is 6.50. The third-order valence-electron chi connectivity index (χ3n) is 6.50. The zero-order valence-electron chi connectivity index (χ0n) is 16.7. The molecule has 1 amide bonds. The monoisotopic (exact) mass is 387 g/mol. The second-order valence-corrected chi connectivity index (χ2v) is 8.31. The van der Waals surface area contributed by atoms with Gasteiger partial charge in [0.25, 0.3) is 0 Å². The normalized spacial score (nSPS) is 23.1. The molecule has 154 valence electrons. The molecule has 2 heterocycles. The minimum absolute atomic E-state index is 0.0624. The van der Waals surface area contributed by atoms with Crippen LogP contribution in [0.3, 0.4) is 0 Å². The standard InChI is InChI=1S/C22H33N3O3/c26-21-10-9-18-19(23-21)7-4-8-20(18)28-16-11-22(27)25-14-12-24(13-15-25)17-5-2-1-3-6-17/h4,7-8,17,22,27H,1-3,5-6,9-16H2,(H,23,26). The lowest BCUT2D eigenvalue weighted by Gasteiger charge is -2.42. The Labute approximate surface area is 167 Å². The molecule has 4 rings (SSSR count). The van der Waals surface area contributed by atoms with Gasteiger partial charge in [-0.25, -0.2) is 0 Å². The quantitative estimate of drug-likeness (QED) is 0.786. The van der Waals surface area contributed by atoms with E-state index in [-0.39, 0.29) is 5.91 Å². The number of nitrogens with one attached hydrogen (secondary N) is 1. The van der Waals surface area contributed by atoms with Crippen LogP contribution in [-0.2, 0) is 11.2 Å². The number of hydrogen-bond donors (Lipinski definition) is 2. The summed E-state index contributed by atoms with van der Waals surface area (Å²) in [6, 6.07) is 6.53. The van der Waals surface area contributed by atoms with E-state index in [0.29, 0.717) is 25.9 Å². The molecule has 1 atom stereocenters. The zero-order valence-corrected chi connectivity index (χ0v) is 16.7. The van der Waals surface area contributed by atoms with Gasteiger partial charge < -0.3 is 15.2 Å². The van der Waals surface area contributed by atoms with Crippen LogP contribution in [0.5, 0.6) is 5.75 Å². The molecular weight excluding hydrogens is 354 g/mol. The lowest BCUT2D eigenvalue weighted by molar-refractivity contribution is -0.116. The van der Waals surface area contributed by atoms with Crippen LogP contribution >= 0.6 is 0 Å². The Morgan fingerprint density at radius 3 is 2.68 bits per heavy atom. The summed E-state index contributed by atoms with van der Waals surface area (Å²) in [4.78, 5) is 16.4. The van der Waals surface area contributed by atoms with Crippen LogP contribution in [0.25, 0.3) is 0 Å². The smallest absolute Gasteiger partial charge is 0.224 e. The topological polar surface area (TPSA) is 65.0 Å². The highest BCUT2D eigenvalue weighted by Gasteiger charge is 2.27. The fourth-order valence-corrected chi connectivity index (χ4v) is 4.83. The maximum absolute atomic E-state index is 11.5. The molecule has 2 aliphatic heterocycles. The number of piperazine rings is 1. The van der Waals surface area contributed by atoms with Gasteiger partial charge >= 0.3 is 0 Å². The van der Waals surface area contributed by atoms with E-state index >= 15 is 0 Å². The Bertz CT molecular complexity index is 667. The first-order chi connectivity index (χ1) is 13.7. The van der Waals surface area contributed by atoms with E-state index in [9.17, 15) is 9.90 Å². The van der Waals surface area contributed by atoms with E-state index in [2.05, 4.69) is 15.1 Å². The molecule has 0 radical (unpaired) electrons. The number of fused-ring (bicyclic) bond motifs is 1. The largest absolute Gasteiger partial charge is 0.493 e.